The van der Waals surface area contributed by atoms with Crippen molar-refractivity contribution in [1.82, 2.24) is 4.72 Å². The lowest BCUT2D eigenvalue weighted by Crippen LogP contribution is -2.74. The van der Waals surface area contributed by atoms with Crippen LogP contribution in [0.5, 0.6) is 0 Å². The van der Waals surface area contributed by atoms with Crippen molar-refractivity contribution in [2.45, 2.75) is 262 Å². The fourth-order valence-corrected chi connectivity index (χ4v) is 18.7. The van der Waals surface area contributed by atoms with Crippen LogP contribution in [0.15, 0.2) is 0 Å². The number of carbonyl (C=O) groups is 6. The number of hydrogen-bond donors (Lipinski definition) is 1. The molecule has 15 aliphatic rings. The Morgan fingerprint density at radius 1 is 0.456 bits per heavy atom. The van der Waals surface area contributed by atoms with Crippen molar-refractivity contribution in [3.8, 4) is 0 Å². The van der Waals surface area contributed by atoms with Gasteiger partial charge in [0.2, 0.25) is 52.0 Å². The molecule has 12 aliphatic heterocycles. The fraction of sp³-hybridized carbons (Fsp3) is 0.903. The number of nitrogens with one attached hydrogen (secondary N) is 1. The normalized spacial score (nSPS) is 46.8. The maximum atomic E-state index is 14.0. The average Bonchev–Trinajstić information content (AvgIpc) is 1.25. The lowest BCUT2D eigenvalue weighted by atomic mass is 9.50. The quantitative estimate of drug-likeness (QED) is 0.0598. The lowest BCUT2D eigenvalue weighted by molar-refractivity contribution is -0.586. The number of carbonyl (C=O) groups excluding carboxylic acids is 6. The van der Waals surface area contributed by atoms with Crippen LogP contribution in [0.4, 0.5) is 0 Å². The zero-order valence-corrected chi connectivity index (χ0v) is 54.3. The van der Waals surface area contributed by atoms with Gasteiger partial charge >= 0.3 is 35.8 Å². The number of esters is 6. The number of ether oxygens (including phenoxy) is 12. The first kappa shape index (κ1) is 66.3. The number of sulfonamides is 1. The standard InChI is InChI=1S/C62H91NO26S/c1-32-12-14-41-35(4)49(77-52-60(41)38(32)23-27-56(8,81-52)84-87-60)74-45(66)18-16-43(64)72-30-59(63-90(11,70)71,80-48(69)21-20-46(67)75-50-36(5)42-15-13-33(2)39-24-28-57(9)82-53(78-50)61(39,42)88-85-57)31-73-44(65)17-19-47(68)76-51-37(6)55(7)26-22-34(3)40-25-29-58(10)83-54(79-51)62(40,55)89-86-58/h32-42,49-54,63H,12-31H2,1-11H3/t32-,33-,34-,35-,36-,37+,38+,39+,40+,41+,42+,49-,50-,51-,52-,53-,54-,55+,56-,57-,58-,59?,60-,61-,62+/m1/s1. The third kappa shape index (κ3) is 11.7. The Morgan fingerprint density at radius 2 is 0.856 bits per heavy atom. The summed E-state index contributed by atoms with van der Waals surface area (Å²) in [6, 6.07) is 0. The fourth-order valence-electron chi connectivity index (χ4n) is 17.8. The zero-order valence-electron chi connectivity index (χ0n) is 53.5. The van der Waals surface area contributed by atoms with Crippen molar-refractivity contribution in [3.63, 3.8) is 0 Å². The van der Waals surface area contributed by atoms with Gasteiger partial charge in [-0.15, -0.1) is 0 Å². The molecule has 3 saturated carbocycles. The van der Waals surface area contributed by atoms with Gasteiger partial charge in [0, 0.05) is 54.3 Å². The van der Waals surface area contributed by atoms with E-state index in [1.165, 1.54) is 0 Å². The van der Waals surface area contributed by atoms with E-state index in [-0.39, 0.29) is 47.3 Å². The highest BCUT2D eigenvalue weighted by atomic mass is 32.2. The second-order valence-corrected chi connectivity index (χ2v) is 30.8. The largest absolute Gasteiger partial charge is 0.460 e. The van der Waals surface area contributed by atoms with E-state index in [0.29, 0.717) is 31.6 Å². The van der Waals surface area contributed by atoms with Crippen molar-refractivity contribution >= 4 is 45.8 Å². The summed E-state index contributed by atoms with van der Waals surface area (Å²) in [6.45, 7) is 17.4. The molecule has 25 atom stereocenters. The van der Waals surface area contributed by atoms with E-state index < -0.39 is 192 Å². The summed E-state index contributed by atoms with van der Waals surface area (Å²) in [4.78, 5) is 119. The van der Waals surface area contributed by atoms with Gasteiger partial charge in [-0.05, 0) is 114 Å². The number of rotatable bonds is 19. The van der Waals surface area contributed by atoms with Gasteiger partial charge in [-0.2, -0.15) is 4.72 Å². The van der Waals surface area contributed by atoms with Crippen LogP contribution in [-0.2, 0) is 125 Å². The van der Waals surface area contributed by atoms with Gasteiger partial charge in [0.15, 0.2) is 35.7 Å². The van der Waals surface area contributed by atoms with Crippen LogP contribution >= 0.6 is 0 Å². The van der Waals surface area contributed by atoms with Gasteiger partial charge in [-0.1, -0.05) is 48.5 Å². The molecule has 15 rings (SSSR count). The molecule has 0 amide bonds. The van der Waals surface area contributed by atoms with Crippen molar-refractivity contribution in [2.75, 3.05) is 19.5 Å². The molecule has 3 aliphatic carbocycles. The third-order valence-electron chi connectivity index (χ3n) is 23.0. The Balaban J connectivity index is 0.696. The van der Waals surface area contributed by atoms with Crippen LogP contribution in [0.1, 0.15) is 185 Å². The molecule has 0 radical (unpaired) electrons. The van der Waals surface area contributed by atoms with Gasteiger partial charge in [0.1, 0.15) is 13.2 Å². The SMILES string of the molecule is C[C@H]1[C@H](OC(=O)CCC(=O)OCC(COC(=O)CCC(=O)O[C@@H]2O[C@@H]3O[C@@]4(C)CC[C@H]5[C@H](C)CC[C@@](C)([C@H]2C)[C@@]35OO4)(NS(C)(=O)=O)OC(=O)CCC(=O)O[C@@H]2O[C@@H]3O[C@@]4(C)CC[C@H]5[C@H](C)CC[C@@H]([C@H]2C)[C@@]35OO4)O[C@@H]2O[C@@]3(C)CC[C@H]4[C@H](C)CC[C@@H]1[C@@]24OO3. The molecule has 0 aromatic carbocycles. The molecule has 12 saturated heterocycles. The van der Waals surface area contributed by atoms with Gasteiger partial charge in [-0.25, -0.2) is 37.7 Å². The Labute approximate surface area is 524 Å². The number of fused-ring (bicyclic) bond motifs is 6. The van der Waals surface area contributed by atoms with Crippen LogP contribution in [0.25, 0.3) is 0 Å². The van der Waals surface area contributed by atoms with E-state index in [0.717, 1.165) is 57.6 Å². The predicted octanol–water partition coefficient (Wildman–Crippen LogP) is 6.85. The van der Waals surface area contributed by atoms with E-state index >= 15 is 0 Å². The zero-order chi connectivity index (χ0) is 64.4. The molecule has 3 spiro atoms. The first-order chi connectivity index (χ1) is 42.4. The summed E-state index contributed by atoms with van der Waals surface area (Å²) in [7, 11) is -4.45. The molecular weight excluding hydrogens is 1210 g/mol. The van der Waals surface area contributed by atoms with Crippen LogP contribution in [0.2, 0.25) is 0 Å². The van der Waals surface area contributed by atoms with Gasteiger partial charge < -0.3 is 56.8 Å². The third-order valence-corrected chi connectivity index (χ3v) is 23.8. The van der Waals surface area contributed by atoms with Crippen molar-refractivity contribution in [3.05, 3.63) is 0 Å². The summed E-state index contributed by atoms with van der Waals surface area (Å²) >= 11 is 0. The Bertz CT molecular complexity index is 2900. The minimum Gasteiger partial charge on any atom is -0.460 e. The van der Waals surface area contributed by atoms with E-state index in [2.05, 4.69) is 32.4 Å². The molecule has 15 fully saturated rings. The van der Waals surface area contributed by atoms with Gasteiger partial charge in [0.05, 0.1) is 44.8 Å². The summed E-state index contributed by atoms with van der Waals surface area (Å²) < 4.78 is 101. The highest BCUT2D eigenvalue weighted by Crippen LogP contribution is 2.67. The van der Waals surface area contributed by atoms with Crippen LogP contribution in [0.3, 0.4) is 0 Å². The number of hydrogen-bond acceptors (Lipinski definition) is 26. The van der Waals surface area contributed by atoms with Crippen molar-refractivity contribution < 1.29 is 123 Å². The second kappa shape index (κ2) is 24.2. The molecule has 27 nitrogen and oxygen atoms in total. The van der Waals surface area contributed by atoms with E-state index in [1.54, 1.807) is 20.8 Å². The van der Waals surface area contributed by atoms with Crippen LogP contribution < -0.4 is 4.72 Å². The molecule has 1 N–H and O–H groups in total. The maximum absolute atomic E-state index is 14.0. The van der Waals surface area contributed by atoms with E-state index in [9.17, 15) is 37.2 Å². The van der Waals surface area contributed by atoms with Gasteiger partial charge in [0.25, 0.3) is 0 Å². The maximum Gasteiger partial charge on any atom is 0.308 e. The molecule has 12 heterocycles. The minimum absolute atomic E-state index is 0.0326. The molecule has 28 heteroatoms. The highest BCUT2D eigenvalue weighted by molar-refractivity contribution is 7.88. The van der Waals surface area contributed by atoms with Crippen molar-refractivity contribution in [1.29, 1.82) is 0 Å². The Kier molecular flexibility index (Phi) is 17.8. The average molecular weight is 1300 g/mol. The van der Waals surface area contributed by atoms with E-state index in [1.807, 2.05) is 20.8 Å². The smallest absolute Gasteiger partial charge is 0.308 e. The highest BCUT2D eigenvalue weighted by Gasteiger charge is 2.76. The molecule has 0 aromatic heterocycles. The van der Waals surface area contributed by atoms with Gasteiger partial charge in [-0.3, -0.25) is 28.8 Å². The molecule has 90 heavy (non-hydrogen) atoms. The topological polar surface area (TPSA) is 315 Å². The predicted molar refractivity (Wildman–Crippen MR) is 300 cm³/mol. The lowest BCUT2D eigenvalue weighted by Gasteiger charge is -2.65. The van der Waals surface area contributed by atoms with E-state index in [4.69, 9.17) is 86.2 Å². The molecule has 506 valence electrons. The molecule has 0 aromatic rings. The second-order valence-electron chi connectivity index (χ2n) is 29.1. The molecular formula is C62H91NO26S. The summed E-state index contributed by atoms with van der Waals surface area (Å²) in [5.74, 6) is -9.69. The summed E-state index contributed by atoms with van der Waals surface area (Å²) in [5, 5.41) is 0. The van der Waals surface area contributed by atoms with Crippen molar-refractivity contribution in [2.24, 2.45) is 70.5 Å². The molecule has 6 bridgehead atoms. The Morgan fingerprint density at radius 3 is 1.33 bits per heavy atom. The first-order valence-electron chi connectivity index (χ1n) is 32.6. The van der Waals surface area contributed by atoms with Crippen LogP contribution in [-0.4, -0.2) is 141 Å². The Hall–Kier alpha value is -3.75. The first-order valence-corrected chi connectivity index (χ1v) is 34.5. The summed E-state index contributed by atoms with van der Waals surface area (Å²) in [5.41, 5.74) is -6.13. The summed E-state index contributed by atoms with van der Waals surface area (Å²) in [6.07, 6.45) is -0.0367. The monoisotopic (exact) mass is 1300 g/mol. The minimum atomic E-state index is -4.45. The molecule has 1 unspecified atom stereocenters. The van der Waals surface area contributed by atoms with Crippen LogP contribution in [0, 0.1) is 70.5 Å².